The molecule has 0 heterocycles. The Kier molecular flexibility index (Phi) is 8.91. The van der Waals surface area contributed by atoms with Crippen LogP contribution in [0.15, 0.2) is 24.3 Å². The second-order valence-electron chi connectivity index (χ2n) is 5.47. The fourth-order valence-corrected chi connectivity index (χ4v) is 2.92. The van der Waals surface area contributed by atoms with E-state index in [2.05, 4.69) is 15.9 Å². The van der Waals surface area contributed by atoms with Crippen LogP contribution in [0.3, 0.4) is 0 Å². The highest BCUT2D eigenvalue weighted by Crippen LogP contribution is 2.39. The van der Waals surface area contributed by atoms with Crippen molar-refractivity contribution in [3.05, 3.63) is 29.8 Å². The summed E-state index contributed by atoms with van der Waals surface area (Å²) in [6, 6.07) is 6.32. The molecule has 1 atom stereocenters. The maximum absolute atomic E-state index is 13.3. The van der Waals surface area contributed by atoms with Crippen LogP contribution >= 0.6 is 15.9 Å². The number of rotatable bonds is 10. The molecule has 1 rings (SSSR count). The molecule has 5 heteroatoms. The Labute approximate surface area is 139 Å². The molecule has 0 bridgehead atoms. The third-order valence-corrected chi connectivity index (χ3v) is 4.33. The van der Waals surface area contributed by atoms with Gasteiger partial charge in [-0.15, -0.1) is 0 Å². The van der Waals surface area contributed by atoms with Gasteiger partial charge >= 0.3 is 6.18 Å². The van der Waals surface area contributed by atoms with Crippen LogP contribution in [0.4, 0.5) is 13.2 Å². The van der Waals surface area contributed by atoms with Crippen LogP contribution in [0.5, 0.6) is 5.75 Å². The van der Waals surface area contributed by atoms with Crippen molar-refractivity contribution >= 4 is 15.9 Å². The fraction of sp³-hybridized carbons (Fsp3) is 0.647. The number of unbranched alkanes of at least 4 members (excludes halogenated alkanes) is 5. The van der Waals surface area contributed by atoms with Gasteiger partial charge in [0.05, 0.1) is 13.0 Å². The number of benzene rings is 1. The number of hydrogen-bond donors (Lipinski definition) is 0. The molecule has 0 aliphatic rings. The second-order valence-corrected chi connectivity index (χ2v) is 6.26. The van der Waals surface area contributed by atoms with Crippen molar-refractivity contribution in [2.24, 2.45) is 0 Å². The predicted octanol–water partition coefficient (Wildman–Crippen LogP) is 6.47. The molecular formula is C17H24BrF3O. The number of hydrogen-bond acceptors (Lipinski definition) is 1. The maximum atomic E-state index is 13.3. The monoisotopic (exact) mass is 380 g/mol. The van der Waals surface area contributed by atoms with Crippen molar-refractivity contribution in [2.45, 2.75) is 57.0 Å². The van der Waals surface area contributed by atoms with Gasteiger partial charge < -0.3 is 4.74 Å². The summed E-state index contributed by atoms with van der Waals surface area (Å²) in [4.78, 5) is 0. The van der Waals surface area contributed by atoms with E-state index < -0.39 is 12.1 Å². The van der Waals surface area contributed by atoms with Gasteiger partial charge in [-0.3, -0.25) is 0 Å². The van der Waals surface area contributed by atoms with E-state index in [4.69, 9.17) is 4.74 Å². The predicted molar refractivity (Wildman–Crippen MR) is 87.9 cm³/mol. The zero-order valence-corrected chi connectivity index (χ0v) is 14.5. The minimum absolute atomic E-state index is 0.148. The number of alkyl halides is 4. The van der Waals surface area contributed by atoms with Crippen molar-refractivity contribution in [3.8, 4) is 5.75 Å². The molecule has 0 fully saturated rings. The van der Waals surface area contributed by atoms with Gasteiger partial charge in [-0.05, 0) is 30.5 Å². The van der Waals surface area contributed by atoms with Gasteiger partial charge in [-0.1, -0.05) is 60.2 Å². The van der Waals surface area contributed by atoms with Gasteiger partial charge in [0.25, 0.3) is 0 Å². The van der Waals surface area contributed by atoms with E-state index in [-0.39, 0.29) is 6.42 Å². The lowest BCUT2D eigenvalue weighted by molar-refractivity contribution is -0.152. The van der Waals surface area contributed by atoms with Crippen LogP contribution in [0.1, 0.15) is 56.4 Å². The van der Waals surface area contributed by atoms with E-state index in [1.54, 1.807) is 12.1 Å². The summed E-state index contributed by atoms with van der Waals surface area (Å²) in [6.45, 7) is 0. The Morgan fingerprint density at radius 3 is 2.27 bits per heavy atom. The molecular weight excluding hydrogens is 357 g/mol. The topological polar surface area (TPSA) is 9.23 Å². The van der Waals surface area contributed by atoms with E-state index in [9.17, 15) is 13.2 Å². The van der Waals surface area contributed by atoms with E-state index in [0.717, 1.165) is 37.4 Å². The molecule has 0 saturated carbocycles. The van der Waals surface area contributed by atoms with E-state index in [1.807, 2.05) is 0 Å². The molecule has 0 saturated heterocycles. The molecule has 0 aliphatic carbocycles. The van der Waals surface area contributed by atoms with Gasteiger partial charge in [-0.25, -0.2) is 0 Å². The van der Waals surface area contributed by atoms with Crippen LogP contribution in [-0.4, -0.2) is 18.6 Å². The summed E-state index contributed by atoms with van der Waals surface area (Å²) in [5.41, 5.74) is 0.297. The zero-order chi connectivity index (χ0) is 16.4. The Morgan fingerprint density at radius 2 is 1.68 bits per heavy atom. The molecule has 0 amide bonds. The van der Waals surface area contributed by atoms with E-state index in [0.29, 0.717) is 17.7 Å². The van der Waals surface area contributed by atoms with Crippen molar-refractivity contribution in [3.63, 3.8) is 0 Å². The number of halogens is 4. The van der Waals surface area contributed by atoms with Crippen LogP contribution in [0, 0.1) is 0 Å². The number of methoxy groups -OCH3 is 1. The first-order valence-corrected chi connectivity index (χ1v) is 8.88. The maximum Gasteiger partial charge on any atom is 0.395 e. The third-order valence-electron chi connectivity index (χ3n) is 3.77. The Balaban J connectivity index is 2.52. The van der Waals surface area contributed by atoms with Gasteiger partial charge in [0.2, 0.25) is 0 Å². The van der Waals surface area contributed by atoms with Gasteiger partial charge in [0, 0.05) is 5.33 Å². The minimum atomic E-state index is -4.21. The quantitative estimate of drug-likeness (QED) is 0.334. The normalized spacial score (nSPS) is 13.1. The summed E-state index contributed by atoms with van der Waals surface area (Å²) in [5.74, 6) is -0.924. The Morgan fingerprint density at radius 1 is 1.05 bits per heavy atom. The van der Waals surface area contributed by atoms with Crippen LogP contribution < -0.4 is 4.74 Å². The number of ether oxygens (including phenoxy) is 1. The van der Waals surface area contributed by atoms with Crippen molar-refractivity contribution < 1.29 is 17.9 Å². The van der Waals surface area contributed by atoms with Crippen LogP contribution in [-0.2, 0) is 0 Å². The largest absolute Gasteiger partial charge is 0.497 e. The molecule has 0 unspecified atom stereocenters. The third kappa shape index (κ3) is 7.03. The SMILES string of the molecule is COc1cccc([C@@H](CCCCCCCCBr)C(F)(F)F)c1. The first kappa shape index (κ1) is 19.3. The minimum Gasteiger partial charge on any atom is -0.497 e. The first-order chi connectivity index (χ1) is 10.5. The van der Waals surface area contributed by atoms with Crippen LogP contribution in [0.25, 0.3) is 0 Å². The van der Waals surface area contributed by atoms with Crippen molar-refractivity contribution in [2.75, 3.05) is 12.4 Å². The Bertz CT molecular complexity index is 421. The molecule has 0 spiro atoms. The highest BCUT2D eigenvalue weighted by molar-refractivity contribution is 9.09. The highest BCUT2D eigenvalue weighted by atomic mass is 79.9. The summed E-state index contributed by atoms with van der Waals surface area (Å²) >= 11 is 3.38. The lowest BCUT2D eigenvalue weighted by Gasteiger charge is -2.21. The fourth-order valence-electron chi connectivity index (χ4n) is 2.53. The van der Waals surface area contributed by atoms with Gasteiger partial charge in [0.1, 0.15) is 5.75 Å². The lowest BCUT2D eigenvalue weighted by Crippen LogP contribution is -2.20. The molecule has 1 aromatic rings. The average molecular weight is 381 g/mol. The smallest absolute Gasteiger partial charge is 0.395 e. The summed E-state index contributed by atoms with van der Waals surface area (Å²) < 4.78 is 44.8. The van der Waals surface area contributed by atoms with Gasteiger partial charge in [-0.2, -0.15) is 13.2 Å². The molecule has 0 aliphatic heterocycles. The zero-order valence-electron chi connectivity index (χ0n) is 13.0. The molecule has 1 aromatic carbocycles. The van der Waals surface area contributed by atoms with E-state index >= 15 is 0 Å². The molecule has 0 N–H and O–H groups in total. The van der Waals surface area contributed by atoms with Crippen LogP contribution in [0.2, 0.25) is 0 Å². The molecule has 22 heavy (non-hydrogen) atoms. The standard InChI is InChI=1S/C17H24BrF3O/c1-22-15-10-8-9-14(13-15)16(17(19,20)21)11-6-4-2-3-5-7-12-18/h8-10,13,16H,2-7,11-12H2,1H3/t16-/m1/s1. The Hall–Kier alpha value is -0.710. The molecule has 0 radical (unpaired) electrons. The summed E-state index contributed by atoms with van der Waals surface area (Å²) in [7, 11) is 1.47. The average Bonchev–Trinajstić information content (AvgIpc) is 2.49. The van der Waals surface area contributed by atoms with Crippen molar-refractivity contribution in [1.82, 2.24) is 0 Å². The van der Waals surface area contributed by atoms with Crippen molar-refractivity contribution in [1.29, 1.82) is 0 Å². The lowest BCUT2D eigenvalue weighted by atomic mass is 9.92. The first-order valence-electron chi connectivity index (χ1n) is 7.75. The molecule has 1 nitrogen and oxygen atoms in total. The summed E-state index contributed by atoms with van der Waals surface area (Å²) in [5, 5.41) is 0.999. The molecule has 0 aromatic heterocycles. The second kappa shape index (κ2) is 10.1. The highest BCUT2D eigenvalue weighted by Gasteiger charge is 2.40. The summed E-state index contributed by atoms with van der Waals surface area (Å²) in [6.07, 6.45) is 1.79. The van der Waals surface area contributed by atoms with E-state index in [1.165, 1.54) is 19.2 Å². The van der Waals surface area contributed by atoms with Gasteiger partial charge in [0.15, 0.2) is 0 Å². The molecule has 126 valence electrons.